The van der Waals surface area contributed by atoms with Gasteiger partial charge >= 0.3 is 0 Å². The third-order valence-corrected chi connectivity index (χ3v) is 3.62. The molecule has 0 bridgehead atoms. The lowest BCUT2D eigenvalue weighted by Crippen LogP contribution is -1.96. The maximum atomic E-state index is 5.83. The number of aromatic nitrogens is 3. The molecule has 6 nitrogen and oxygen atoms in total. The van der Waals surface area contributed by atoms with E-state index >= 15 is 0 Å². The summed E-state index contributed by atoms with van der Waals surface area (Å²) in [6.07, 6.45) is 3.48. The summed E-state index contributed by atoms with van der Waals surface area (Å²) in [5, 5.41) is 4.05. The lowest BCUT2D eigenvalue weighted by atomic mass is 10.2. The van der Waals surface area contributed by atoms with Gasteiger partial charge in [-0.15, -0.1) is 0 Å². The fraction of sp³-hybridized carbons (Fsp3) is 0.235. The minimum atomic E-state index is -0.105. The minimum absolute atomic E-state index is 0.105. The fourth-order valence-corrected chi connectivity index (χ4v) is 2.49. The van der Waals surface area contributed by atoms with Gasteiger partial charge in [0.15, 0.2) is 0 Å². The molecule has 6 heteroatoms. The number of nitrogens with zero attached hydrogens (tertiary/aromatic N) is 3. The maximum absolute atomic E-state index is 5.83. The van der Waals surface area contributed by atoms with Crippen molar-refractivity contribution < 1.29 is 14.0 Å². The van der Waals surface area contributed by atoms with Crippen LogP contribution in [-0.4, -0.2) is 21.7 Å². The molecule has 4 rings (SSSR count). The van der Waals surface area contributed by atoms with Crippen molar-refractivity contribution in [1.82, 2.24) is 15.1 Å². The molecular weight excluding hydrogens is 294 g/mol. The average Bonchev–Trinajstić information content (AvgIpc) is 3.28. The zero-order chi connectivity index (χ0) is 15.5. The Morgan fingerprint density at radius 3 is 2.83 bits per heavy atom. The molecular formula is C17H15N3O3. The van der Waals surface area contributed by atoms with E-state index in [4.69, 9.17) is 14.0 Å². The Morgan fingerprint density at radius 2 is 2.00 bits per heavy atom. The lowest BCUT2D eigenvalue weighted by molar-refractivity contribution is 0.0835. The Morgan fingerprint density at radius 1 is 1.09 bits per heavy atom. The summed E-state index contributed by atoms with van der Waals surface area (Å²) >= 11 is 0. The lowest BCUT2D eigenvalue weighted by Gasteiger charge is -2.07. The average molecular weight is 309 g/mol. The molecule has 1 unspecified atom stereocenters. The quantitative estimate of drug-likeness (QED) is 0.730. The number of benzene rings is 1. The van der Waals surface area contributed by atoms with E-state index in [9.17, 15) is 0 Å². The normalized spacial score (nSPS) is 17.3. The summed E-state index contributed by atoms with van der Waals surface area (Å²) in [5.41, 5.74) is 0.685. The Kier molecular flexibility index (Phi) is 3.73. The number of hydrogen-bond donors (Lipinski definition) is 0. The molecule has 0 radical (unpaired) electrons. The van der Waals surface area contributed by atoms with Gasteiger partial charge in [0.25, 0.3) is 5.89 Å². The van der Waals surface area contributed by atoms with Gasteiger partial charge < -0.3 is 14.0 Å². The monoisotopic (exact) mass is 309 g/mol. The maximum Gasteiger partial charge on any atom is 0.256 e. The van der Waals surface area contributed by atoms with E-state index in [0.717, 1.165) is 19.4 Å². The van der Waals surface area contributed by atoms with Crippen LogP contribution in [0.25, 0.3) is 11.4 Å². The molecule has 116 valence electrons. The summed E-state index contributed by atoms with van der Waals surface area (Å²) in [6.45, 7) is 0.734. The highest BCUT2D eigenvalue weighted by molar-refractivity contribution is 5.61. The van der Waals surface area contributed by atoms with Crippen LogP contribution in [0.3, 0.4) is 0 Å². The molecule has 1 aromatic carbocycles. The van der Waals surface area contributed by atoms with Crippen LogP contribution in [0.4, 0.5) is 0 Å². The number of ether oxygens (including phenoxy) is 2. The fourth-order valence-electron chi connectivity index (χ4n) is 2.49. The second-order valence-corrected chi connectivity index (χ2v) is 5.23. The number of pyridine rings is 1. The number of hydrogen-bond acceptors (Lipinski definition) is 6. The Balaban J connectivity index is 1.64. The van der Waals surface area contributed by atoms with Crippen LogP contribution in [0.2, 0.25) is 0 Å². The van der Waals surface area contributed by atoms with Crippen LogP contribution in [0, 0.1) is 0 Å². The van der Waals surface area contributed by atoms with Crippen molar-refractivity contribution >= 4 is 0 Å². The van der Waals surface area contributed by atoms with E-state index < -0.39 is 0 Å². The third-order valence-electron chi connectivity index (χ3n) is 3.62. The zero-order valence-corrected chi connectivity index (χ0v) is 12.4. The summed E-state index contributed by atoms with van der Waals surface area (Å²) in [5.74, 6) is 2.11. The molecule has 1 saturated heterocycles. The molecule has 2 aromatic heterocycles. The van der Waals surface area contributed by atoms with Gasteiger partial charge in [0.1, 0.15) is 11.9 Å². The summed E-state index contributed by atoms with van der Waals surface area (Å²) in [4.78, 5) is 8.72. The molecule has 23 heavy (non-hydrogen) atoms. The van der Waals surface area contributed by atoms with Crippen molar-refractivity contribution in [3.05, 3.63) is 54.6 Å². The Labute approximate surface area is 133 Å². The van der Waals surface area contributed by atoms with Gasteiger partial charge in [0.2, 0.25) is 11.7 Å². The SMILES string of the molecule is c1ccc(Oc2ncccc2-c2noc(C3CCCO3)n2)cc1. The largest absolute Gasteiger partial charge is 0.438 e. The first-order valence-electron chi connectivity index (χ1n) is 7.53. The highest BCUT2D eigenvalue weighted by atomic mass is 16.5. The predicted octanol–water partition coefficient (Wildman–Crippen LogP) is 3.78. The smallest absolute Gasteiger partial charge is 0.256 e. The number of para-hydroxylation sites is 1. The highest BCUT2D eigenvalue weighted by Gasteiger charge is 2.25. The van der Waals surface area contributed by atoms with Gasteiger partial charge in [-0.25, -0.2) is 4.98 Å². The van der Waals surface area contributed by atoms with Crippen molar-refractivity contribution in [3.8, 4) is 23.0 Å². The molecule has 1 fully saturated rings. The number of rotatable bonds is 4. The molecule has 3 heterocycles. The van der Waals surface area contributed by atoms with Crippen molar-refractivity contribution in [2.75, 3.05) is 6.61 Å². The molecule has 0 aliphatic carbocycles. The van der Waals surface area contributed by atoms with Crippen LogP contribution in [0.5, 0.6) is 11.6 Å². The molecule has 1 aliphatic rings. The second kappa shape index (κ2) is 6.18. The zero-order valence-electron chi connectivity index (χ0n) is 12.4. The highest BCUT2D eigenvalue weighted by Crippen LogP contribution is 2.32. The van der Waals surface area contributed by atoms with Crippen molar-refractivity contribution in [2.24, 2.45) is 0 Å². The van der Waals surface area contributed by atoms with Gasteiger partial charge in [-0.05, 0) is 37.1 Å². The third kappa shape index (κ3) is 2.93. The van der Waals surface area contributed by atoms with Gasteiger partial charge in [0.05, 0.1) is 5.56 Å². The molecule has 0 amide bonds. The van der Waals surface area contributed by atoms with Crippen molar-refractivity contribution in [3.63, 3.8) is 0 Å². The standard InChI is InChI=1S/C17H15N3O3/c1-2-6-12(7-3-1)22-16-13(8-4-10-18-16)15-19-17(23-20-15)14-9-5-11-21-14/h1-4,6-8,10,14H,5,9,11H2. The molecule has 1 aliphatic heterocycles. The van der Waals surface area contributed by atoms with Crippen LogP contribution in [-0.2, 0) is 4.74 Å². The molecule has 0 N–H and O–H groups in total. The summed E-state index contributed by atoms with van der Waals surface area (Å²) < 4.78 is 16.7. The second-order valence-electron chi connectivity index (χ2n) is 5.23. The molecule has 3 aromatic rings. The topological polar surface area (TPSA) is 70.3 Å². The van der Waals surface area contributed by atoms with E-state index in [1.54, 1.807) is 6.20 Å². The first-order chi connectivity index (χ1) is 11.4. The van der Waals surface area contributed by atoms with Crippen LogP contribution in [0.15, 0.2) is 53.2 Å². The Hall–Kier alpha value is -2.73. The van der Waals surface area contributed by atoms with Crippen LogP contribution in [0.1, 0.15) is 24.8 Å². The van der Waals surface area contributed by atoms with E-state index in [0.29, 0.717) is 28.9 Å². The van der Waals surface area contributed by atoms with E-state index in [1.165, 1.54) is 0 Å². The van der Waals surface area contributed by atoms with E-state index in [2.05, 4.69) is 15.1 Å². The summed E-state index contributed by atoms with van der Waals surface area (Å²) in [7, 11) is 0. The van der Waals surface area contributed by atoms with Crippen molar-refractivity contribution in [2.45, 2.75) is 18.9 Å². The van der Waals surface area contributed by atoms with Gasteiger partial charge in [-0.1, -0.05) is 23.4 Å². The minimum Gasteiger partial charge on any atom is -0.438 e. The summed E-state index contributed by atoms with van der Waals surface area (Å²) in [6, 6.07) is 13.1. The molecule has 1 atom stereocenters. The van der Waals surface area contributed by atoms with Crippen LogP contribution >= 0.6 is 0 Å². The van der Waals surface area contributed by atoms with E-state index in [1.807, 2.05) is 42.5 Å². The van der Waals surface area contributed by atoms with Gasteiger partial charge in [-0.2, -0.15) is 4.98 Å². The first kappa shape index (κ1) is 13.9. The van der Waals surface area contributed by atoms with E-state index in [-0.39, 0.29) is 6.10 Å². The van der Waals surface area contributed by atoms with Gasteiger partial charge in [0, 0.05) is 12.8 Å². The van der Waals surface area contributed by atoms with Crippen molar-refractivity contribution in [1.29, 1.82) is 0 Å². The Bertz CT molecular complexity index is 783. The van der Waals surface area contributed by atoms with Gasteiger partial charge in [-0.3, -0.25) is 0 Å². The van der Waals surface area contributed by atoms with Crippen LogP contribution < -0.4 is 4.74 Å². The first-order valence-corrected chi connectivity index (χ1v) is 7.53. The predicted molar refractivity (Wildman–Crippen MR) is 82.0 cm³/mol. The molecule has 0 saturated carbocycles. The molecule has 0 spiro atoms.